The van der Waals surface area contributed by atoms with Crippen LogP contribution in [0.25, 0.3) is 11.3 Å². The van der Waals surface area contributed by atoms with Crippen LogP contribution in [0.3, 0.4) is 0 Å². The molecule has 1 aromatic heterocycles. The van der Waals surface area contributed by atoms with Gasteiger partial charge in [-0.25, -0.2) is 4.79 Å². The topological polar surface area (TPSA) is 139 Å². The number of aliphatic hydroxyl groups is 1. The Morgan fingerprint density at radius 1 is 0.784 bits per heavy atom. The number of nitrogens with one attached hydrogen (secondary N) is 3. The number of aliphatic hydroxyl groups excluding tert-OH is 1. The van der Waals surface area contributed by atoms with Gasteiger partial charge in [-0.1, -0.05) is 99.6 Å². The van der Waals surface area contributed by atoms with E-state index in [0.29, 0.717) is 18.6 Å². The Labute approximate surface area is 301 Å². The van der Waals surface area contributed by atoms with Gasteiger partial charge < -0.3 is 30.5 Å². The summed E-state index contributed by atoms with van der Waals surface area (Å²) in [7, 11) is 1.25. The highest BCUT2D eigenvalue weighted by Crippen LogP contribution is 2.24. The summed E-state index contributed by atoms with van der Waals surface area (Å²) < 4.78 is 10.7. The summed E-state index contributed by atoms with van der Waals surface area (Å²) in [5, 5.41) is 20.6. The maximum atomic E-state index is 13.8. The third-order valence-electron chi connectivity index (χ3n) is 8.71. The molecule has 0 saturated heterocycles. The molecule has 0 aliphatic rings. The Bertz CT molecular complexity index is 1700. The van der Waals surface area contributed by atoms with E-state index >= 15 is 0 Å². The third-order valence-corrected chi connectivity index (χ3v) is 8.71. The van der Waals surface area contributed by atoms with Crippen LogP contribution in [0.2, 0.25) is 0 Å². The molecule has 0 unspecified atom stereocenters. The molecule has 10 heteroatoms. The highest BCUT2D eigenvalue weighted by molar-refractivity contribution is 5.86. The van der Waals surface area contributed by atoms with Crippen molar-refractivity contribution in [1.82, 2.24) is 20.9 Å². The highest BCUT2D eigenvalue weighted by atomic mass is 16.5. The van der Waals surface area contributed by atoms with Crippen molar-refractivity contribution in [2.45, 2.75) is 78.1 Å². The predicted octanol–water partition coefficient (Wildman–Crippen LogP) is 5.72. The van der Waals surface area contributed by atoms with Crippen molar-refractivity contribution < 1.29 is 29.0 Å². The molecule has 10 nitrogen and oxygen atoms in total. The molecule has 1 heterocycles. The summed E-state index contributed by atoms with van der Waals surface area (Å²) in [6, 6.07) is 26.8. The van der Waals surface area contributed by atoms with E-state index in [1.54, 1.807) is 6.20 Å². The van der Waals surface area contributed by atoms with Crippen LogP contribution in [0.4, 0.5) is 4.79 Å². The number of hydrogen-bond acceptors (Lipinski definition) is 7. The number of rotatable bonds is 15. The number of ether oxygens (including phenoxy) is 2. The molecule has 0 radical (unpaired) electrons. The van der Waals surface area contributed by atoms with Crippen LogP contribution < -0.4 is 20.7 Å². The number of methoxy groups -OCH3 is 1. The van der Waals surface area contributed by atoms with Crippen molar-refractivity contribution in [3.05, 3.63) is 119 Å². The van der Waals surface area contributed by atoms with E-state index in [1.165, 1.54) is 7.11 Å². The number of para-hydroxylation sites is 1. The molecule has 270 valence electrons. The molecule has 4 aromatic rings. The van der Waals surface area contributed by atoms with Gasteiger partial charge in [0, 0.05) is 17.8 Å². The van der Waals surface area contributed by atoms with Gasteiger partial charge in [0.1, 0.15) is 11.8 Å². The van der Waals surface area contributed by atoms with Crippen LogP contribution >= 0.6 is 0 Å². The predicted molar refractivity (Wildman–Crippen MR) is 198 cm³/mol. The zero-order valence-electron chi connectivity index (χ0n) is 30.3. The largest absolute Gasteiger partial charge is 0.483 e. The molecular weight excluding hydrogens is 644 g/mol. The second kappa shape index (κ2) is 18.1. The molecule has 0 bridgehead atoms. The number of aryl methyl sites for hydroxylation is 2. The van der Waals surface area contributed by atoms with Crippen LogP contribution in [0.1, 0.15) is 49.4 Å². The first kappa shape index (κ1) is 38.6. The highest BCUT2D eigenvalue weighted by Gasteiger charge is 2.35. The molecule has 0 spiro atoms. The summed E-state index contributed by atoms with van der Waals surface area (Å²) in [6.07, 6.45) is 0.797. The van der Waals surface area contributed by atoms with Crippen molar-refractivity contribution >= 4 is 17.9 Å². The van der Waals surface area contributed by atoms with E-state index in [2.05, 4.69) is 20.9 Å². The normalized spacial score (nSPS) is 13.6. The maximum absolute atomic E-state index is 13.8. The fraction of sp³-hybridized carbons (Fsp3) is 0.366. The monoisotopic (exact) mass is 694 g/mol. The molecule has 0 fully saturated rings. The van der Waals surface area contributed by atoms with Gasteiger partial charge in [0.15, 0.2) is 6.61 Å². The van der Waals surface area contributed by atoms with E-state index in [1.807, 2.05) is 126 Å². The SMILES string of the molecule is COC(=O)N[C@H](C(=O)N[C@H](Cc1ccc(-c2ccccn2)cc1)C[C@H](O)[C@H](Cc1ccccc1)NC(=O)COc1c(C)cccc1C)C(C)(C)C. The zero-order chi connectivity index (χ0) is 37.0. The van der Waals surface area contributed by atoms with Crippen molar-refractivity contribution in [3.63, 3.8) is 0 Å². The van der Waals surface area contributed by atoms with Crippen molar-refractivity contribution in [2.75, 3.05) is 13.7 Å². The van der Waals surface area contributed by atoms with Gasteiger partial charge in [0.05, 0.1) is 24.9 Å². The van der Waals surface area contributed by atoms with E-state index in [0.717, 1.165) is 33.5 Å². The first-order valence-corrected chi connectivity index (χ1v) is 17.2. The molecule has 4 N–H and O–H groups in total. The molecule has 0 aliphatic carbocycles. The Balaban J connectivity index is 1.57. The van der Waals surface area contributed by atoms with Crippen LogP contribution in [0.5, 0.6) is 5.75 Å². The van der Waals surface area contributed by atoms with Gasteiger partial charge in [-0.2, -0.15) is 0 Å². The molecule has 4 rings (SSSR count). The fourth-order valence-electron chi connectivity index (χ4n) is 5.98. The molecule has 3 aromatic carbocycles. The average molecular weight is 695 g/mol. The molecular formula is C41H50N4O6. The smallest absolute Gasteiger partial charge is 0.407 e. The van der Waals surface area contributed by atoms with Crippen molar-refractivity contribution in [3.8, 4) is 17.0 Å². The molecule has 51 heavy (non-hydrogen) atoms. The lowest BCUT2D eigenvalue weighted by Crippen LogP contribution is -2.56. The van der Waals surface area contributed by atoms with E-state index in [9.17, 15) is 19.5 Å². The zero-order valence-corrected chi connectivity index (χ0v) is 30.3. The van der Waals surface area contributed by atoms with Crippen LogP contribution in [0, 0.1) is 19.3 Å². The van der Waals surface area contributed by atoms with Gasteiger partial charge in [0.25, 0.3) is 5.91 Å². The van der Waals surface area contributed by atoms with Crippen molar-refractivity contribution in [1.29, 1.82) is 0 Å². The minimum atomic E-state index is -1.06. The lowest BCUT2D eigenvalue weighted by Gasteiger charge is -2.33. The second-order valence-corrected chi connectivity index (χ2v) is 13.9. The Kier molecular flexibility index (Phi) is 13.7. The quantitative estimate of drug-likeness (QED) is 0.125. The lowest BCUT2D eigenvalue weighted by atomic mass is 9.85. The second-order valence-electron chi connectivity index (χ2n) is 13.9. The van der Waals surface area contributed by atoms with Crippen LogP contribution in [-0.2, 0) is 27.2 Å². The number of amides is 3. The number of carbonyl (C=O) groups is 3. The first-order chi connectivity index (χ1) is 24.3. The minimum absolute atomic E-state index is 0.109. The van der Waals surface area contributed by atoms with Crippen LogP contribution in [-0.4, -0.2) is 65.9 Å². The number of nitrogens with zero attached hydrogens (tertiary/aromatic N) is 1. The summed E-state index contributed by atoms with van der Waals surface area (Å²) >= 11 is 0. The molecule has 0 saturated carbocycles. The summed E-state index contributed by atoms with van der Waals surface area (Å²) in [4.78, 5) is 43.8. The number of carbonyl (C=O) groups excluding carboxylic acids is 3. The standard InChI is InChI=1S/C41H50N4O6/c1-27-13-12-14-28(2)37(27)51-26-36(47)44-34(24-29-15-8-7-9-16-29)35(46)25-32(43-39(48)38(41(3,4)5)45-40(49)50-6)23-30-18-20-31(21-19-30)33-17-10-11-22-42-33/h7-22,32,34-35,38,46H,23-26H2,1-6H3,(H,43,48)(H,44,47)(H,45,49)/t32-,34+,35+,38-/m1/s1. The number of aromatic nitrogens is 1. The fourth-order valence-corrected chi connectivity index (χ4v) is 5.98. The molecule has 0 aliphatic heterocycles. The van der Waals surface area contributed by atoms with E-state index in [-0.39, 0.29) is 18.9 Å². The lowest BCUT2D eigenvalue weighted by molar-refractivity contribution is -0.127. The Morgan fingerprint density at radius 3 is 2.04 bits per heavy atom. The number of hydrogen-bond donors (Lipinski definition) is 4. The van der Waals surface area contributed by atoms with Crippen LogP contribution in [0.15, 0.2) is 97.2 Å². The maximum Gasteiger partial charge on any atom is 0.407 e. The van der Waals surface area contributed by atoms with E-state index in [4.69, 9.17) is 9.47 Å². The van der Waals surface area contributed by atoms with Gasteiger partial charge in [0.2, 0.25) is 5.91 Å². The van der Waals surface area contributed by atoms with Gasteiger partial charge in [-0.05, 0) is 72.9 Å². The minimum Gasteiger partial charge on any atom is -0.483 e. The third kappa shape index (κ3) is 11.7. The Hall–Kier alpha value is -5.22. The summed E-state index contributed by atoms with van der Waals surface area (Å²) in [6.45, 7) is 9.16. The number of alkyl carbamates (subject to hydrolysis) is 1. The van der Waals surface area contributed by atoms with Crippen molar-refractivity contribution in [2.24, 2.45) is 5.41 Å². The summed E-state index contributed by atoms with van der Waals surface area (Å²) in [5.41, 5.74) is 4.84. The van der Waals surface area contributed by atoms with Gasteiger partial charge >= 0.3 is 6.09 Å². The number of pyridine rings is 1. The molecule has 3 amide bonds. The first-order valence-electron chi connectivity index (χ1n) is 17.2. The molecule has 4 atom stereocenters. The van der Waals surface area contributed by atoms with Gasteiger partial charge in [-0.3, -0.25) is 14.6 Å². The van der Waals surface area contributed by atoms with Gasteiger partial charge in [-0.15, -0.1) is 0 Å². The number of benzene rings is 3. The summed E-state index contributed by atoms with van der Waals surface area (Å²) in [5.74, 6) is -0.141. The average Bonchev–Trinajstić information content (AvgIpc) is 3.10. The Morgan fingerprint density at radius 2 is 1.43 bits per heavy atom. The van der Waals surface area contributed by atoms with E-state index < -0.39 is 41.6 Å².